The number of rotatable bonds is 6. The highest BCUT2D eigenvalue weighted by Crippen LogP contribution is 2.20. The van der Waals surface area contributed by atoms with Gasteiger partial charge in [-0.25, -0.2) is 4.98 Å². The van der Waals surface area contributed by atoms with Crippen LogP contribution in [-0.2, 0) is 13.2 Å². The fourth-order valence-corrected chi connectivity index (χ4v) is 1.93. The van der Waals surface area contributed by atoms with Gasteiger partial charge in [-0.15, -0.1) is 0 Å². The summed E-state index contributed by atoms with van der Waals surface area (Å²) in [6.45, 7) is 5.43. The second kappa shape index (κ2) is 6.38. The zero-order valence-corrected chi connectivity index (χ0v) is 11.4. The van der Waals surface area contributed by atoms with Crippen LogP contribution in [-0.4, -0.2) is 14.7 Å². The van der Waals surface area contributed by atoms with Crippen molar-refractivity contribution in [3.8, 4) is 5.75 Å². The lowest BCUT2D eigenvalue weighted by atomic mass is 10.1. The van der Waals surface area contributed by atoms with Crippen molar-refractivity contribution in [2.75, 3.05) is 0 Å². The summed E-state index contributed by atoms with van der Waals surface area (Å²) in [5.74, 6) is 0.802. The summed E-state index contributed by atoms with van der Waals surface area (Å²) in [5.41, 5.74) is 1.98. The molecule has 1 aromatic heterocycles. The number of aliphatic hydroxyl groups is 1. The predicted molar refractivity (Wildman–Crippen MR) is 73.9 cm³/mol. The van der Waals surface area contributed by atoms with E-state index in [0.29, 0.717) is 6.61 Å². The van der Waals surface area contributed by atoms with Crippen LogP contribution >= 0.6 is 0 Å². The summed E-state index contributed by atoms with van der Waals surface area (Å²) < 4.78 is 7.77. The number of aromatic nitrogens is 2. The number of nitrogens with zero attached hydrogens (tertiary/aromatic N) is 2. The number of hydrogen-bond donors (Lipinski definition) is 1. The largest absolute Gasteiger partial charge is 0.487 e. The molecule has 0 radical (unpaired) electrons. The highest BCUT2D eigenvalue weighted by atomic mass is 16.5. The molecule has 1 unspecified atom stereocenters. The van der Waals surface area contributed by atoms with Crippen LogP contribution < -0.4 is 4.74 Å². The molecule has 0 aliphatic rings. The van der Waals surface area contributed by atoms with Gasteiger partial charge in [0.15, 0.2) is 0 Å². The van der Waals surface area contributed by atoms with Gasteiger partial charge in [-0.3, -0.25) is 0 Å². The van der Waals surface area contributed by atoms with Gasteiger partial charge in [0.2, 0.25) is 0 Å². The number of aliphatic hydroxyl groups excluding tert-OH is 1. The third-order valence-electron chi connectivity index (χ3n) is 3.18. The van der Waals surface area contributed by atoms with Crippen molar-refractivity contribution >= 4 is 0 Å². The zero-order valence-electron chi connectivity index (χ0n) is 11.4. The molecule has 1 aromatic carbocycles. The zero-order chi connectivity index (χ0) is 13.7. The summed E-state index contributed by atoms with van der Waals surface area (Å²) in [5, 5.41) is 9.72. The number of aryl methyl sites for hydroxylation is 1. The van der Waals surface area contributed by atoms with Gasteiger partial charge in [-0.05, 0) is 31.0 Å². The molecule has 4 nitrogen and oxygen atoms in total. The van der Waals surface area contributed by atoms with E-state index < -0.39 is 6.10 Å². The second-order valence-electron chi connectivity index (χ2n) is 4.45. The minimum Gasteiger partial charge on any atom is -0.487 e. The maximum Gasteiger partial charge on any atom is 0.130 e. The van der Waals surface area contributed by atoms with Crippen molar-refractivity contribution in [1.82, 2.24) is 9.55 Å². The molecule has 0 amide bonds. The third-order valence-corrected chi connectivity index (χ3v) is 3.18. The van der Waals surface area contributed by atoms with Crippen molar-refractivity contribution in [3.05, 3.63) is 48.0 Å². The van der Waals surface area contributed by atoms with E-state index in [1.54, 1.807) is 6.33 Å². The van der Waals surface area contributed by atoms with E-state index in [-0.39, 0.29) is 0 Å². The molecule has 0 aliphatic carbocycles. The smallest absolute Gasteiger partial charge is 0.130 e. The van der Waals surface area contributed by atoms with E-state index in [9.17, 15) is 5.11 Å². The molecule has 0 saturated heterocycles. The highest BCUT2D eigenvalue weighted by Gasteiger charge is 2.05. The molecule has 0 saturated carbocycles. The Hall–Kier alpha value is -1.81. The highest BCUT2D eigenvalue weighted by molar-refractivity contribution is 5.28. The minimum atomic E-state index is -0.393. The Bertz CT molecular complexity index is 505. The number of imidazole rings is 1. The van der Waals surface area contributed by atoms with E-state index in [2.05, 4.69) is 16.5 Å². The van der Waals surface area contributed by atoms with Crippen LogP contribution in [0.25, 0.3) is 0 Å². The first-order valence-corrected chi connectivity index (χ1v) is 6.64. The van der Waals surface area contributed by atoms with Crippen molar-refractivity contribution in [2.45, 2.75) is 39.5 Å². The quantitative estimate of drug-likeness (QED) is 0.868. The average Bonchev–Trinajstić information content (AvgIpc) is 2.92. The molecule has 0 bridgehead atoms. The molecule has 2 rings (SSSR count). The molecule has 1 heterocycles. The van der Waals surface area contributed by atoms with Crippen LogP contribution in [0.5, 0.6) is 5.75 Å². The van der Waals surface area contributed by atoms with Gasteiger partial charge in [0.05, 0.1) is 24.3 Å². The monoisotopic (exact) mass is 260 g/mol. The van der Waals surface area contributed by atoms with Gasteiger partial charge < -0.3 is 14.4 Å². The maximum atomic E-state index is 9.72. The van der Waals surface area contributed by atoms with Gasteiger partial charge in [-0.2, -0.15) is 0 Å². The van der Waals surface area contributed by atoms with Gasteiger partial charge in [0.25, 0.3) is 0 Å². The Kier molecular flexibility index (Phi) is 4.58. The Morgan fingerprint density at radius 1 is 1.26 bits per heavy atom. The van der Waals surface area contributed by atoms with Crippen molar-refractivity contribution in [1.29, 1.82) is 0 Å². The van der Waals surface area contributed by atoms with Crippen LogP contribution in [0.1, 0.15) is 37.6 Å². The molecule has 1 atom stereocenters. The van der Waals surface area contributed by atoms with Crippen molar-refractivity contribution in [2.24, 2.45) is 0 Å². The fraction of sp³-hybridized carbons (Fsp3) is 0.400. The number of benzene rings is 1. The van der Waals surface area contributed by atoms with E-state index in [4.69, 9.17) is 4.74 Å². The molecular weight excluding hydrogens is 240 g/mol. The molecule has 1 N–H and O–H groups in total. The summed E-state index contributed by atoms with van der Waals surface area (Å²) >= 11 is 0. The lowest BCUT2D eigenvalue weighted by molar-refractivity contribution is 0.173. The first-order chi connectivity index (χ1) is 9.24. The fourth-order valence-electron chi connectivity index (χ4n) is 1.93. The van der Waals surface area contributed by atoms with Crippen LogP contribution in [0.15, 0.2) is 36.8 Å². The SMILES string of the molecule is CCC(O)c1ccc(OCc2cncn2CC)cc1. The topological polar surface area (TPSA) is 47.3 Å². The van der Waals surface area contributed by atoms with Crippen molar-refractivity contribution in [3.63, 3.8) is 0 Å². The summed E-state index contributed by atoms with van der Waals surface area (Å²) in [7, 11) is 0. The minimum absolute atomic E-state index is 0.393. The second-order valence-corrected chi connectivity index (χ2v) is 4.45. The summed E-state index contributed by atoms with van der Waals surface area (Å²) in [6.07, 6.45) is 3.95. The third kappa shape index (κ3) is 3.35. The van der Waals surface area contributed by atoms with E-state index in [1.807, 2.05) is 37.4 Å². The molecular formula is C15H20N2O2. The molecule has 0 aliphatic heterocycles. The number of ether oxygens (including phenoxy) is 1. The number of hydrogen-bond acceptors (Lipinski definition) is 3. The first kappa shape index (κ1) is 13.6. The first-order valence-electron chi connectivity index (χ1n) is 6.64. The van der Waals surface area contributed by atoms with E-state index >= 15 is 0 Å². The van der Waals surface area contributed by atoms with E-state index in [0.717, 1.165) is 30.0 Å². The molecule has 2 aromatic rings. The van der Waals surface area contributed by atoms with Crippen molar-refractivity contribution < 1.29 is 9.84 Å². The predicted octanol–water partition coefficient (Wildman–Crippen LogP) is 2.93. The summed E-state index contributed by atoms with van der Waals surface area (Å²) in [6, 6.07) is 7.59. The Labute approximate surface area is 113 Å². The normalized spacial score (nSPS) is 12.4. The van der Waals surface area contributed by atoms with Gasteiger partial charge >= 0.3 is 0 Å². The van der Waals surface area contributed by atoms with Gasteiger partial charge in [-0.1, -0.05) is 19.1 Å². The summed E-state index contributed by atoms with van der Waals surface area (Å²) in [4.78, 5) is 4.10. The van der Waals surface area contributed by atoms with Gasteiger partial charge in [0, 0.05) is 6.54 Å². The lowest BCUT2D eigenvalue weighted by Gasteiger charge is -2.10. The maximum absolute atomic E-state index is 9.72. The average molecular weight is 260 g/mol. The molecule has 19 heavy (non-hydrogen) atoms. The van der Waals surface area contributed by atoms with E-state index in [1.165, 1.54) is 0 Å². The molecule has 4 heteroatoms. The standard InChI is InChI=1S/C15H20N2O2/c1-3-15(18)12-5-7-14(8-6-12)19-10-13-9-16-11-17(13)4-2/h5-9,11,15,18H,3-4,10H2,1-2H3. The van der Waals surface area contributed by atoms with Crippen LogP contribution in [0.4, 0.5) is 0 Å². The molecule has 102 valence electrons. The Morgan fingerprint density at radius 3 is 2.63 bits per heavy atom. The lowest BCUT2D eigenvalue weighted by Crippen LogP contribution is -2.03. The van der Waals surface area contributed by atoms with Crippen LogP contribution in [0.2, 0.25) is 0 Å². The van der Waals surface area contributed by atoms with Crippen LogP contribution in [0, 0.1) is 0 Å². The van der Waals surface area contributed by atoms with Gasteiger partial charge in [0.1, 0.15) is 12.4 Å². The Morgan fingerprint density at radius 2 is 2.00 bits per heavy atom. The molecule has 0 fully saturated rings. The Balaban J connectivity index is 1.96. The van der Waals surface area contributed by atoms with Crippen LogP contribution in [0.3, 0.4) is 0 Å². The molecule has 0 spiro atoms.